The fourth-order valence-electron chi connectivity index (χ4n) is 2.56. The van der Waals surface area contributed by atoms with E-state index in [4.69, 9.17) is 4.74 Å². The lowest BCUT2D eigenvalue weighted by atomic mass is 10.1. The van der Waals surface area contributed by atoms with E-state index in [-0.39, 0.29) is 24.0 Å². The van der Waals surface area contributed by atoms with Crippen LogP contribution in [0.3, 0.4) is 0 Å². The molecule has 0 aliphatic heterocycles. The van der Waals surface area contributed by atoms with Crippen molar-refractivity contribution in [1.82, 2.24) is 10.6 Å². The maximum atomic E-state index is 10.6. The monoisotopic (exact) mass is 517 g/mol. The number of aliphatic imine (C=N–C) groups is 1. The maximum Gasteiger partial charge on any atom is 0.191 e. The van der Waals surface area contributed by atoms with E-state index in [2.05, 4.69) is 39.9 Å². The quantitative estimate of drug-likeness (QED) is 0.184. The third-order valence-electron chi connectivity index (χ3n) is 4.08. The van der Waals surface area contributed by atoms with Gasteiger partial charge in [0.2, 0.25) is 0 Å². The number of nitrogens with one attached hydrogen (secondary N) is 2. The number of halogens is 1. The van der Waals surface area contributed by atoms with Crippen molar-refractivity contribution in [3.05, 3.63) is 58.3 Å². The lowest BCUT2D eigenvalue weighted by molar-refractivity contribution is 0.0711. The van der Waals surface area contributed by atoms with E-state index < -0.39 is 5.60 Å². The first kappa shape index (κ1) is 24.9. The molecule has 156 valence electrons. The minimum absolute atomic E-state index is 0. The molecule has 0 amide bonds. The molecule has 2 aromatic rings. The van der Waals surface area contributed by atoms with Crippen LogP contribution < -0.4 is 10.6 Å². The number of ether oxygens (including phenoxy) is 1. The highest BCUT2D eigenvalue weighted by Crippen LogP contribution is 2.25. The molecule has 5 nitrogen and oxygen atoms in total. The molecule has 1 unspecified atom stereocenters. The van der Waals surface area contributed by atoms with E-state index in [1.54, 1.807) is 18.3 Å². The van der Waals surface area contributed by atoms with Crippen molar-refractivity contribution >= 4 is 41.3 Å². The number of hydrogen-bond acceptors (Lipinski definition) is 4. The van der Waals surface area contributed by atoms with Crippen molar-refractivity contribution in [2.75, 3.05) is 32.8 Å². The molecule has 2 rings (SSSR count). The smallest absolute Gasteiger partial charge is 0.191 e. The van der Waals surface area contributed by atoms with E-state index >= 15 is 0 Å². The first-order chi connectivity index (χ1) is 13.1. The molecule has 0 saturated carbocycles. The summed E-state index contributed by atoms with van der Waals surface area (Å²) in [5.41, 5.74) is 0.354. The predicted octanol–water partition coefficient (Wildman–Crippen LogP) is 3.78. The third kappa shape index (κ3) is 9.36. The molecule has 0 aliphatic rings. The van der Waals surface area contributed by atoms with Gasteiger partial charge in [0.05, 0.1) is 13.2 Å². The molecule has 3 N–H and O–H groups in total. The number of guanidine groups is 1. The van der Waals surface area contributed by atoms with Crippen LogP contribution in [0.2, 0.25) is 0 Å². The van der Waals surface area contributed by atoms with Crippen LogP contribution in [0.1, 0.15) is 30.7 Å². The standard InChI is InChI=1S/C21H31N3O2S.HI/c1-3-22-20(24-17-21(2,25)19-11-7-16-27-19)23-13-8-14-26-15-12-18-9-5-4-6-10-18;/h4-7,9-11,16,25H,3,8,12-15,17H2,1-2H3,(H2,22,23,24);1H. The molecule has 0 fully saturated rings. The van der Waals surface area contributed by atoms with Crippen LogP contribution in [0.4, 0.5) is 0 Å². The van der Waals surface area contributed by atoms with Gasteiger partial charge in [0.25, 0.3) is 0 Å². The zero-order chi connectivity index (χ0) is 19.4. The highest BCUT2D eigenvalue weighted by molar-refractivity contribution is 14.0. The van der Waals surface area contributed by atoms with Crippen molar-refractivity contribution in [1.29, 1.82) is 0 Å². The molecule has 1 heterocycles. The average Bonchev–Trinajstić information content (AvgIpc) is 3.22. The minimum atomic E-state index is -0.947. The topological polar surface area (TPSA) is 65.9 Å². The van der Waals surface area contributed by atoms with Gasteiger partial charge in [0.1, 0.15) is 5.60 Å². The number of hydrogen-bond donors (Lipinski definition) is 3. The number of nitrogens with zero attached hydrogens (tertiary/aromatic N) is 1. The molecule has 0 aliphatic carbocycles. The lowest BCUT2D eigenvalue weighted by Gasteiger charge is -2.20. The summed E-state index contributed by atoms with van der Waals surface area (Å²) in [6.45, 7) is 7.15. The van der Waals surface area contributed by atoms with Gasteiger partial charge in [-0.2, -0.15) is 0 Å². The van der Waals surface area contributed by atoms with E-state index in [1.165, 1.54) is 5.56 Å². The summed E-state index contributed by atoms with van der Waals surface area (Å²) in [6.07, 6.45) is 1.84. The Morgan fingerprint density at radius 2 is 1.93 bits per heavy atom. The van der Waals surface area contributed by atoms with Crippen LogP contribution in [-0.2, 0) is 16.8 Å². The lowest BCUT2D eigenvalue weighted by Crippen LogP contribution is -2.39. The largest absolute Gasteiger partial charge is 0.383 e. The molecule has 1 aromatic heterocycles. The Morgan fingerprint density at radius 3 is 2.61 bits per heavy atom. The van der Waals surface area contributed by atoms with E-state index in [9.17, 15) is 5.11 Å². The fourth-order valence-corrected chi connectivity index (χ4v) is 3.33. The SMILES string of the molecule is CCNC(=NCC(C)(O)c1cccs1)NCCCOCCc1ccccc1.I. The van der Waals surface area contributed by atoms with Gasteiger partial charge in [-0.15, -0.1) is 35.3 Å². The van der Waals surface area contributed by atoms with Crippen LogP contribution in [-0.4, -0.2) is 43.9 Å². The first-order valence-electron chi connectivity index (χ1n) is 9.52. The maximum absolute atomic E-state index is 10.6. The predicted molar refractivity (Wildman–Crippen MR) is 129 cm³/mol. The Balaban J connectivity index is 0.00000392. The third-order valence-corrected chi connectivity index (χ3v) is 5.20. The number of benzene rings is 1. The normalized spacial score (nSPS) is 13.5. The Kier molecular flexibility index (Phi) is 12.4. The van der Waals surface area contributed by atoms with Crippen LogP contribution in [0, 0.1) is 0 Å². The second-order valence-corrected chi connectivity index (χ2v) is 7.52. The minimum Gasteiger partial charge on any atom is -0.383 e. The first-order valence-corrected chi connectivity index (χ1v) is 10.4. The van der Waals surface area contributed by atoms with Crippen LogP contribution in [0.25, 0.3) is 0 Å². The van der Waals surface area contributed by atoms with Crippen LogP contribution >= 0.6 is 35.3 Å². The Bertz CT molecular complexity index is 664. The molecule has 0 saturated heterocycles. The molecule has 7 heteroatoms. The summed E-state index contributed by atoms with van der Waals surface area (Å²) < 4.78 is 5.70. The van der Waals surface area contributed by atoms with Crippen LogP contribution in [0.15, 0.2) is 52.8 Å². The van der Waals surface area contributed by atoms with Gasteiger partial charge in [0.15, 0.2) is 5.96 Å². The summed E-state index contributed by atoms with van der Waals surface area (Å²) in [6, 6.07) is 14.3. The van der Waals surface area contributed by atoms with Crippen molar-refractivity contribution in [2.45, 2.75) is 32.3 Å². The highest BCUT2D eigenvalue weighted by atomic mass is 127. The zero-order valence-electron chi connectivity index (χ0n) is 16.7. The Hall–Kier alpha value is -1.16. The van der Waals surface area contributed by atoms with Gasteiger partial charge in [-0.1, -0.05) is 36.4 Å². The Morgan fingerprint density at radius 1 is 1.14 bits per heavy atom. The number of rotatable bonds is 11. The second-order valence-electron chi connectivity index (χ2n) is 6.57. The molecule has 0 bridgehead atoms. The fraction of sp³-hybridized carbons (Fsp3) is 0.476. The molecule has 0 radical (unpaired) electrons. The molecule has 28 heavy (non-hydrogen) atoms. The molecular weight excluding hydrogens is 485 g/mol. The van der Waals surface area contributed by atoms with E-state index in [0.717, 1.165) is 43.4 Å². The van der Waals surface area contributed by atoms with Gasteiger partial charge in [-0.05, 0) is 43.7 Å². The zero-order valence-corrected chi connectivity index (χ0v) is 19.8. The van der Waals surface area contributed by atoms with Crippen molar-refractivity contribution in [3.8, 4) is 0 Å². The summed E-state index contributed by atoms with van der Waals surface area (Å²) in [5.74, 6) is 0.721. The average molecular weight is 517 g/mol. The number of aliphatic hydroxyl groups is 1. The van der Waals surface area contributed by atoms with Gasteiger partial charge in [-0.25, -0.2) is 4.99 Å². The molecular formula is C21H32IN3O2S. The number of thiophene rings is 1. The van der Waals surface area contributed by atoms with Crippen LogP contribution in [0.5, 0.6) is 0 Å². The highest BCUT2D eigenvalue weighted by Gasteiger charge is 2.23. The van der Waals surface area contributed by atoms with Gasteiger partial charge in [0, 0.05) is 24.6 Å². The van der Waals surface area contributed by atoms with Gasteiger partial charge in [-0.3, -0.25) is 0 Å². The van der Waals surface area contributed by atoms with E-state index in [0.29, 0.717) is 13.2 Å². The summed E-state index contributed by atoms with van der Waals surface area (Å²) in [4.78, 5) is 5.45. The summed E-state index contributed by atoms with van der Waals surface area (Å²) in [7, 11) is 0. The summed E-state index contributed by atoms with van der Waals surface area (Å²) in [5, 5.41) is 19.1. The van der Waals surface area contributed by atoms with E-state index in [1.807, 2.05) is 30.5 Å². The van der Waals surface area contributed by atoms with Crippen molar-refractivity contribution < 1.29 is 9.84 Å². The molecule has 0 spiro atoms. The molecule has 1 aromatic carbocycles. The van der Waals surface area contributed by atoms with Gasteiger partial charge >= 0.3 is 0 Å². The van der Waals surface area contributed by atoms with Crippen molar-refractivity contribution in [3.63, 3.8) is 0 Å². The van der Waals surface area contributed by atoms with Crippen molar-refractivity contribution in [2.24, 2.45) is 4.99 Å². The summed E-state index contributed by atoms with van der Waals surface area (Å²) >= 11 is 1.55. The Labute approximate surface area is 189 Å². The van der Waals surface area contributed by atoms with Gasteiger partial charge < -0.3 is 20.5 Å². The molecule has 1 atom stereocenters. The second kappa shape index (κ2) is 13.9.